The highest BCUT2D eigenvalue weighted by Gasteiger charge is 2.23. The molecule has 0 aliphatic heterocycles. The lowest BCUT2D eigenvalue weighted by molar-refractivity contribution is 0.372. The molecule has 0 spiro atoms. The Morgan fingerprint density at radius 2 is 2.00 bits per heavy atom. The van der Waals surface area contributed by atoms with Gasteiger partial charge in [-0.15, -0.1) is 11.6 Å². The second-order valence-corrected chi connectivity index (χ2v) is 6.09. The van der Waals surface area contributed by atoms with Gasteiger partial charge in [0.25, 0.3) is 0 Å². The summed E-state index contributed by atoms with van der Waals surface area (Å²) in [6, 6.07) is 0. The maximum absolute atomic E-state index is 10.2. The molecular formula is C15H23ClO. The van der Waals surface area contributed by atoms with Crippen LogP contribution in [0.5, 0.6) is 0 Å². The van der Waals surface area contributed by atoms with Crippen molar-refractivity contribution < 1.29 is 5.11 Å². The molecule has 0 bridgehead atoms. The van der Waals surface area contributed by atoms with Gasteiger partial charge >= 0.3 is 0 Å². The zero-order valence-electron chi connectivity index (χ0n) is 11.3. The monoisotopic (exact) mass is 254 g/mol. The second kappa shape index (κ2) is 5.77. The summed E-state index contributed by atoms with van der Waals surface area (Å²) in [4.78, 5) is 0. The molecule has 1 aliphatic carbocycles. The molecule has 0 amide bonds. The quantitative estimate of drug-likeness (QED) is 0.692. The third kappa shape index (κ3) is 3.92. The summed E-state index contributed by atoms with van der Waals surface area (Å²) in [6.07, 6.45) is 7.15. The number of aliphatic hydroxyl groups is 1. The van der Waals surface area contributed by atoms with E-state index in [2.05, 4.69) is 32.9 Å². The van der Waals surface area contributed by atoms with Gasteiger partial charge in [0.1, 0.15) is 5.76 Å². The maximum atomic E-state index is 10.2. The van der Waals surface area contributed by atoms with E-state index in [9.17, 15) is 5.11 Å². The van der Waals surface area contributed by atoms with Crippen LogP contribution in [-0.2, 0) is 0 Å². The molecule has 0 fully saturated rings. The van der Waals surface area contributed by atoms with Gasteiger partial charge in [0.05, 0.1) is 0 Å². The molecule has 0 saturated heterocycles. The van der Waals surface area contributed by atoms with Crippen molar-refractivity contribution in [2.45, 2.75) is 47.0 Å². The highest BCUT2D eigenvalue weighted by atomic mass is 35.5. The summed E-state index contributed by atoms with van der Waals surface area (Å²) in [5, 5.41) is 10.2. The zero-order chi connectivity index (χ0) is 13.1. The molecule has 1 nitrogen and oxygen atoms in total. The highest BCUT2D eigenvalue weighted by molar-refractivity contribution is 6.17. The number of hydrogen-bond acceptors (Lipinski definition) is 1. The number of halogens is 1. The zero-order valence-corrected chi connectivity index (χ0v) is 12.1. The first-order valence-electron chi connectivity index (χ1n) is 6.22. The van der Waals surface area contributed by atoms with E-state index >= 15 is 0 Å². The predicted molar refractivity (Wildman–Crippen MR) is 75.5 cm³/mol. The Morgan fingerprint density at radius 3 is 2.53 bits per heavy atom. The van der Waals surface area contributed by atoms with Crippen molar-refractivity contribution in [1.29, 1.82) is 0 Å². The Morgan fingerprint density at radius 1 is 1.35 bits per heavy atom. The Kier molecular flexibility index (Phi) is 4.88. The van der Waals surface area contributed by atoms with Crippen LogP contribution in [0.4, 0.5) is 0 Å². The Hall–Kier alpha value is -0.690. The van der Waals surface area contributed by atoms with Gasteiger partial charge in [-0.3, -0.25) is 0 Å². The number of allylic oxidation sites excluding steroid dienone is 5. The van der Waals surface area contributed by atoms with Crippen molar-refractivity contribution in [3.8, 4) is 0 Å². The number of rotatable bonds is 3. The van der Waals surface area contributed by atoms with Gasteiger partial charge in [0, 0.05) is 5.88 Å². The van der Waals surface area contributed by atoms with Gasteiger partial charge in [0.15, 0.2) is 0 Å². The molecule has 2 heteroatoms. The summed E-state index contributed by atoms with van der Waals surface area (Å²) >= 11 is 5.74. The van der Waals surface area contributed by atoms with E-state index in [0.29, 0.717) is 11.6 Å². The van der Waals surface area contributed by atoms with Gasteiger partial charge in [-0.1, -0.05) is 38.5 Å². The minimum Gasteiger partial charge on any atom is -0.508 e. The smallest absolute Gasteiger partial charge is 0.118 e. The molecule has 17 heavy (non-hydrogen) atoms. The van der Waals surface area contributed by atoms with Crippen LogP contribution in [0.1, 0.15) is 47.0 Å². The fourth-order valence-electron chi connectivity index (χ4n) is 1.94. The van der Waals surface area contributed by atoms with Crippen molar-refractivity contribution in [2.75, 3.05) is 5.88 Å². The number of aliphatic hydroxyl groups excluding tert-OH is 1. The molecular weight excluding hydrogens is 232 g/mol. The van der Waals surface area contributed by atoms with Gasteiger partial charge < -0.3 is 5.11 Å². The highest BCUT2D eigenvalue weighted by Crippen LogP contribution is 2.35. The lowest BCUT2D eigenvalue weighted by Gasteiger charge is -2.23. The molecule has 0 unspecified atom stereocenters. The first kappa shape index (κ1) is 14.4. The normalized spacial score (nSPS) is 17.7. The van der Waals surface area contributed by atoms with Gasteiger partial charge in [0.2, 0.25) is 0 Å². The summed E-state index contributed by atoms with van der Waals surface area (Å²) in [5.41, 5.74) is 3.34. The number of alkyl halides is 1. The van der Waals surface area contributed by atoms with Crippen LogP contribution in [0.25, 0.3) is 0 Å². The second-order valence-electron chi connectivity index (χ2n) is 5.71. The van der Waals surface area contributed by atoms with Crippen molar-refractivity contribution >= 4 is 11.6 Å². The molecule has 0 saturated carbocycles. The predicted octanol–water partition coefficient (Wildman–Crippen LogP) is 5.14. The minimum absolute atomic E-state index is 0.0320. The Labute approximate surface area is 110 Å². The standard InChI is InChI=1S/C15H23ClO/c1-11-7-8-12(6-5-9-16)10-13(14(11)17)15(2,3)4/h8,10,17H,5-7,9H2,1-4H3. The minimum atomic E-state index is -0.0320. The van der Waals surface area contributed by atoms with E-state index in [1.807, 2.05) is 6.92 Å². The third-order valence-electron chi connectivity index (χ3n) is 3.07. The SMILES string of the molecule is CC1=C(O)C(C(C)(C)C)=CC(CCCCl)=CC1. The average Bonchev–Trinajstić information content (AvgIpc) is 2.37. The van der Waals surface area contributed by atoms with Gasteiger partial charge in [-0.2, -0.15) is 0 Å². The average molecular weight is 255 g/mol. The van der Waals surface area contributed by atoms with E-state index in [1.54, 1.807) is 0 Å². The van der Waals surface area contributed by atoms with Gasteiger partial charge in [-0.25, -0.2) is 0 Å². The van der Waals surface area contributed by atoms with E-state index in [-0.39, 0.29) is 5.41 Å². The van der Waals surface area contributed by atoms with E-state index in [0.717, 1.165) is 30.4 Å². The summed E-state index contributed by atoms with van der Waals surface area (Å²) < 4.78 is 0. The van der Waals surface area contributed by atoms with Crippen LogP contribution < -0.4 is 0 Å². The van der Waals surface area contributed by atoms with Crippen LogP contribution in [0.3, 0.4) is 0 Å². The third-order valence-corrected chi connectivity index (χ3v) is 3.33. The fourth-order valence-corrected chi connectivity index (χ4v) is 2.07. The lowest BCUT2D eigenvalue weighted by atomic mass is 9.83. The van der Waals surface area contributed by atoms with E-state index < -0.39 is 0 Å². The molecule has 0 radical (unpaired) electrons. The van der Waals surface area contributed by atoms with Crippen molar-refractivity contribution in [3.05, 3.63) is 34.6 Å². The van der Waals surface area contributed by atoms with E-state index in [1.165, 1.54) is 5.57 Å². The Bertz CT molecular complexity index is 367. The van der Waals surface area contributed by atoms with E-state index in [4.69, 9.17) is 11.6 Å². The first-order chi connectivity index (χ1) is 7.86. The molecule has 0 aromatic rings. The van der Waals surface area contributed by atoms with Crippen molar-refractivity contribution in [3.63, 3.8) is 0 Å². The summed E-state index contributed by atoms with van der Waals surface area (Å²) in [7, 11) is 0. The van der Waals surface area contributed by atoms with Crippen molar-refractivity contribution in [1.82, 2.24) is 0 Å². The van der Waals surface area contributed by atoms with Crippen LogP contribution in [0.2, 0.25) is 0 Å². The fraction of sp³-hybridized carbons (Fsp3) is 0.600. The topological polar surface area (TPSA) is 20.2 Å². The lowest BCUT2D eigenvalue weighted by Crippen LogP contribution is -2.12. The summed E-state index contributed by atoms with van der Waals surface area (Å²) in [5.74, 6) is 1.16. The number of hydrogen-bond donors (Lipinski definition) is 1. The maximum Gasteiger partial charge on any atom is 0.118 e. The van der Waals surface area contributed by atoms with Crippen LogP contribution in [0, 0.1) is 5.41 Å². The van der Waals surface area contributed by atoms with Crippen molar-refractivity contribution in [2.24, 2.45) is 5.41 Å². The molecule has 0 heterocycles. The molecule has 1 rings (SSSR count). The summed E-state index contributed by atoms with van der Waals surface area (Å²) in [6.45, 7) is 8.39. The molecule has 1 N–H and O–H groups in total. The van der Waals surface area contributed by atoms with Crippen LogP contribution >= 0.6 is 11.6 Å². The first-order valence-corrected chi connectivity index (χ1v) is 6.76. The molecule has 0 atom stereocenters. The van der Waals surface area contributed by atoms with Gasteiger partial charge in [-0.05, 0) is 42.7 Å². The molecule has 0 aromatic heterocycles. The largest absolute Gasteiger partial charge is 0.508 e. The Balaban J connectivity index is 3.05. The van der Waals surface area contributed by atoms with Crippen LogP contribution in [-0.4, -0.2) is 11.0 Å². The molecule has 1 aliphatic rings. The van der Waals surface area contributed by atoms with Crippen LogP contribution in [0.15, 0.2) is 34.6 Å². The molecule has 0 aromatic carbocycles. The molecule has 96 valence electrons.